The second-order valence-electron chi connectivity index (χ2n) is 3.13. The zero-order chi connectivity index (χ0) is 12.7. The van der Waals surface area contributed by atoms with Crippen LogP contribution >= 0.6 is 0 Å². The van der Waals surface area contributed by atoms with E-state index in [0.29, 0.717) is 12.2 Å². The van der Waals surface area contributed by atoms with E-state index in [4.69, 9.17) is 11.2 Å². The fourth-order valence-electron chi connectivity index (χ4n) is 1.12. The number of hydrogen-bond acceptors (Lipinski definition) is 4. The molecule has 1 heterocycles. The molecular formula is C11H13N3O3. The lowest BCUT2D eigenvalue weighted by Gasteiger charge is -2.01. The van der Waals surface area contributed by atoms with Gasteiger partial charge >= 0.3 is 5.97 Å². The van der Waals surface area contributed by atoms with Crippen molar-refractivity contribution in [2.75, 3.05) is 13.2 Å². The Morgan fingerprint density at radius 2 is 2.41 bits per heavy atom. The predicted octanol–water partition coefficient (Wildman–Crippen LogP) is -0.191. The molecule has 0 aromatic carbocycles. The van der Waals surface area contributed by atoms with E-state index < -0.39 is 5.97 Å². The molecule has 0 spiro atoms. The third-order valence-corrected chi connectivity index (χ3v) is 1.84. The van der Waals surface area contributed by atoms with Gasteiger partial charge in [-0.25, -0.2) is 4.79 Å². The van der Waals surface area contributed by atoms with E-state index in [9.17, 15) is 9.59 Å². The van der Waals surface area contributed by atoms with Crippen LogP contribution in [-0.4, -0.2) is 34.8 Å². The highest BCUT2D eigenvalue weighted by atomic mass is 16.5. The average Bonchev–Trinajstić information content (AvgIpc) is 2.75. The molecule has 0 atom stereocenters. The van der Waals surface area contributed by atoms with E-state index in [2.05, 4.69) is 16.3 Å². The lowest BCUT2D eigenvalue weighted by molar-refractivity contribution is -0.121. The van der Waals surface area contributed by atoms with Crippen LogP contribution in [0.15, 0.2) is 12.4 Å². The van der Waals surface area contributed by atoms with Gasteiger partial charge in [0.15, 0.2) is 0 Å². The van der Waals surface area contributed by atoms with Gasteiger partial charge in [-0.1, -0.05) is 5.92 Å². The molecule has 0 bridgehead atoms. The van der Waals surface area contributed by atoms with Crippen LogP contribution in [0.3, 0.4) is 0 Å². The average molecular weight is 235 g/mol. The fraction of sp³-hybridized carbons (Fsp3) is 0.364. The van der Waals surface area contributed by atoms with E-state index in [1.54, 1.807) is 6.92 Å². The zero-order valence-corrected chi connectivity index (χ0v) is 9.47. The minimum Gasteiger partial charge on any atom is -0.462 e. The lowest BCUT2D eigenvalue weighted by Crippen LogP contribution is -2.27. The Morgan fingerprint density at radius 1 is 1.65 bits per heavy atom. The number of terminal acetylenes is 1. The Labute approximate surface area is 98.9 Å². The van der Waals surface area contributed by atoms with Gasteiger partial charge in [-0.05, 0) is 6.92 Å². The van der Waals surface area contributed by atoms with Gasteiger partial charge in [-0.15, -0.1) is 6.42 Å². The summed E-state index contributed by atoms with van der Waals surface area (Å²) < 4.78 is 6.14. The van der Waals surface area contributed by atoms with Gasteiger partial charge in [-0.2, -0.15) is 5.10 Å². The molecule has 1 aromatic rings. The molecule has 0 aliphatic heterocycles. The van der Waals surface area contributed by atoms with Gasteiger partial charge in [0.25, 0.3) is 0 Å². The molecule has 1 aromatic heterocycles. The molecule has 90 valence electrons. The zero-order valence-electron chi connectivity index (χ0n) is 9.47. The summed E-state index contributed by atoms with van der Waals surface area (Å²) in [4.78, 5) is 22.6. The summed E-state index contributed by atoms with van der Waals surface area (Å²) >= 11 is 0. The first-order valence-corrected chi connectivity index (χ1v) is 5.07. The van der Waals surface area contributed by atoms with Crippen molar-refractivity contribution >= 4 is 11.9 Å². The van der Waals surface area contributed by atoms with Crippen molar-refractivity contribution in [3.05, 3.63) is 18.0 Å². The summed E-state index contributed by atoms with van der Waals surface area (Å²) in [6.45, 7) is 2.20. The summed E-state index contributed by atoms with van der Waals surface area (Å²) in [6, 6.07) is 0. The molecule has 0 radical (unpaired) electrons. The van der Waals surface area contributed by atoms with E-state index in [1.807, 2.05) is 0 Å². The van der Waals surface area contributed by atoms with Gasteiger partial charge in [0, 0.05) is 6.20 Å². The second-order valence-corrected chi connectivity index (χ2v) is 3.13. The Kier molecular flexibility index (Phi) is 4.76. The molecule has 1 amide bonds. The van der Waals surface area contributed by atoms with Crippen molar-refractivity contribution < 1.29 is 14.3 Å². The fourth-order valence-corrected chi connectivity index (χ4v) is 1.12. The molecule has 1 rings (SSSR count). The Balaban J connectivity index is 2.54. The van der Waals surface area contributed by atoms with Crippen LogP contribution in [0.5, 0.6) is 0 Å². The number of carbonyl (C=O) groups excluding carboxylic acids is 2. The maximum Gasteiger partial charge on any atom is 0.341 e. The number of rotatable bonds is 5. The summed E-state index contributed by atoms with van der Waals surface area (Å²) in [5, 5.41) is 6.36. The lowest BCUT2D eigenvalue weighted by atomic mass is 10.4. The van der Waals surface area contributed by atoms with E-state index in [0.717, 1.165) is 0 Å². The van der Waals surface area contributed by atoms with Crippen LogP contribution in [0.4, 0.5) is 0 Å². The number of amides is 1. The molecule has 0 saturated heterocycles. The smallest absolute Gasteiger partial charge is 0.341 e. The van der Waals surface area contributed by atoms with Gasteiger partial charge in [0.05, 0.1) is 24.9 Å². The predicted molar refractivity (Wildman–Crippen MR) is 60.0 cm³/mol. The van der Waals surface area contributed by atoms with E-state index in [-0.39, 0.29) is 19.0 Å². The number of ether oxygens (including phenoxy) is 1. The number of nitrogens with zero attached hydrogens (tertiary/aromatic N) is 2. The van der Waals surface area contributed by atoms with Crippen molar-refractivity contribution in [2.45, 2.75) is 13.5 Å². The summed E-state index contributed by atoms with van der Waals surface area (Å²) in [5.41, 5.74) is 0.316. The SMILES string of the molecule is C#CCNC(=O)Cn1cc(C(=O)OCC)cn1. The molecule has 17 heavy (non-hydrogen) atoms. The van der Waals surface area contributed by atoms with Crippen molar-refractivity contribution in [2.24, 2.45) is 0 Å². The maximum absolute atomic E-state index is 11.3. The molecule has 1 N–H and O–H groups in total. The highest BCUT2D eigenvalue weighted by molar-refractivity contribution is 5.88. The monoisotopic (exact) mass is 235 g/mol. The van der Waals surface area contributed by atoms with Crippen LogP contribution in [0.1, 0.15) is 17.3 Å². The van der Waals surface area contributed by atoms with E-state index >= 15 is 0 Å². The van der Waals surface area contributed by atoms with Gasteiger partial charge in [-0.3, -0.25) is 9.48 Å². The molecule has 0 saturated carbocycles. The highest BCUT2D eigenvalue weighted by Crippen LogP contribution is 2.00. The van der Waals surface area contributed by atoms with Gasteiger partial charge in [0.1, 0.15) is 6.54 Å². The number of esters is 1. The van der Waals surface area contributed by atoms with Crippen molar-refractivity contribution in [3.8, 4) is 12.3 Å². The summed E-state index contributed by atoms with van der Waals surface area (Å²) in [6.07, 6.45) is 7.80. The standard InChI is InChI=1S/C11H13N3O3/c1-3-5-12-10(15)8-14-7-9(6-13-14)11(16)17-4-2/h1,6-7H,4-5,8H2,2H3,(H,12,15). The van der Waals surface area contributed by atoms with E-state index in [1.165, 1.54) is 17.1 Å². The Morgan fingerprint density at radius 3 is 3.06 bits per heavy atom. The molecule has 6 nitrogen and oxygen atoms in total. The largest absolute Gasteiger partial charge is 0.462 e. The van der Waals surface area contributed by atoms with Crippen LogP contribution in [0, 0.1) is 12.3 Å². The topological polar surface area (TPSA) is 73.2 Å². The molecule has 6 heteroatoms. The number of nitrogens with one attached hydrogen (secondary N) is 1. The molecule has 0 fully saturated rings. The number of aromatic nitrogens is 2. The maximum atomic E-state index is 11.3. The minimum atomic E-state index is -0.456. The summed E-state index contributed by atoms with van der Waals surface area (Å²) in [7, 11) is 0. The van der Waals surface area contributed by atoms with Crippen molar-refractivity contribution in [1.82, 2.24) is 15.1 Å². The van der Waals surface area contributed by atoms with Crippen molar-refractivity contribution in [1.29, 1.82) is 0 Å². The van der Waals surface area contributed by atoms with Crippen LogP contribution in [0.25, 0.3) is 0 Å². The number of hydrogen-bond donors (Lipinski definition) is 1. The van der Waals surface area contributed by atoms with Crippen molar-refractivity contribution in [3.63, 3.8) is 0 Å². The number of carbonyl (C=O) groups is 2. The first-order valence-electron chi connectivity index (χ1n) is 5.07. The third kappa shape index (κ3) is 3.99. The summed E-state index contributed by atoms with van der Waals surface area (Å²) in [5.74, 6) is 1.57. The molecule has 0 unspecified atom stereocenters. The molecular weight excluding hydrogens is 222 g/mol. The van der Waals surface area contributed by atoms with Crippen LogP contribution in [-0.2, 0) is 16.1 Å². The first kappa shape index (κ1) is 12.8. The Hall–Kier alpha value is -2.29. The molecule has 0 aliphatic carbocycles. The minimum absolute atomic E-state index is 0.0150. The first-order chi connectivity index (χ1) is 8.17. The molecule has 0 aliphatic rings. The van der Waals surface area contributed by atoms with Gasteiger partial charge in [0.2, 0.25) is 5.91 Å². The highest BCUT2D eigenvalue weighted by Gasteiger charge is 2.10. The van der Waals surface area contributed by atoms with Crippen LogP contribution in [0.2, 0.25) is 0 Å². The Bertz CT molecular complexity index is 445. The van der Waals surface area contributed by atoms with Gasteiger partial charge < -0.3 is 10.1 Å². The second kappa shape index (κ2) is 6.33. The normalized spacial score (nSPS) is 9.41. The quantitative estimate of drug-likeness (QED) is 0.567. The van der Waals surface area contributed by atoms with Crippen LogP contribution < -0.4 is 5.32 Å². The third-order valence-electron chi connectivity index (χ3n) is 1.84.